The number of nitrogens with zero attached hydrogens (tertiary/aromatic N) is 3. The normalized spacial score (nSPS) is 10.4. The summed E-state index contributed by atoms with van der Waals surface area (Å²) in [5.41, 5.74) is 8.81. The second-order valence-corrected chi connectivity index (χ2v) is 3.95. The molecule has 3 aromatic rings. The maximum Gasteiger partial charge on any atom is 0.124 e. The molecule has 0 amide bonds. The molecule has 0 fully saturated rings. The number of hydrogen-bond donors (Lipinski definition) is 1. The molecule has 0 bridgehead atoms. The zero-order chi connectivity index (χ0) is 12.5. The van der Waals surface area contributed by atoms with E-state index in [2.05, 4.69) is 11.1 Å². The van der Waals surface area contributed by atoms with Crippen molar-refractivity contribution >= 4 is 16.6 Å². The van der Waals surface area contributed by atoms with Crippen LogP contribution in [-0.4, -0.2) is 9.55 Å². The Balaban J connectivity index is 2.38. The molecule has 86 valence electrons. The standard InChI is InChI=1S/C14H10N4/c15-9-10-3-2-8-18(10)13-6-5-12(16)14-11(13)4-1-7-17-14/h1-8H,16H2. The molecular weight excluding hydrogens is 224 g/mol. The van der Waals surface area contributed by atoms with Crippen LogP contribution in [0.1, 0.15) is 5.69 Å². The average molecular weight is 234 g/mol. The quantitative estimate of drug-likeness (QED) is 0.658. The number of anilines is 1. The van der Waals surface area contributed by atoms with Crippen molar-refractivity contribution in [2.75, 3.05) is 5.73 Å². The van der Waals surface area contributed by atoms with Gasteiger partial charge in [-0.1, -0.05) is 0 Å². The van der Waals surface area contributed by atoms with Crippen LogP contribution < -0.4 is 5.73 Å². The number of hydrogen-bond acceptors (Lipinski definition) is 3. The number of nitrogens with two attached hydrogens (primary N) is 1. The summed E-state index contributed by atoms with van der Waals surface area (Å²) in [6.07, 6.45) is 3.57. The molecule has 0 unspecified atom stereocenters. The Hall–Kier alpha value is -2.80. The van der Waals surface area contributed by atoms with Crippen molar-refractivity contribution in [3.63, 3.8) is 0 Å². The minimum atomic E-state index is 0.588. The second kappa shape index (κ2) is 3.90. The number of fused-ring (bicyclic) bond motifs is 1. The highest BCUT2D eigenvalue weighted by Gasteiger charge is 2.08. The number of nitriles is 1. The van der Waals surface area contributed by atoms with E-state index in [4.69, 9.17) is 11.0 Å². The first-order valence-corrected chi connectivity index (χ1v) is 5.52. The fourth-order valence-corrected chi connectivity index (χ4v) is 2.07. The van der Waals surface area contributed by atoms with Crippen LogP contribution in [0.15, 0.2) is 48.8 Å². The van der Waals surface area contributed by atoms with Crippen molar-refractivity contribution in [3.8, 4) is 11.8 Å². The summed E-state index contributed by atoms with van der Waals surface area (Å²) in [4.78, 5) is 4.29. The van der Waals surface area contributed by atoms with Crippen LogP contribution in [0.25, 0.3) is 16.6 Å². The van der Waals surface area contributed by atoms with Gasteiger partial charge in [-0.3, -0.25) is 4.98 Å². The summed E-state index contributed by atoms with van der Waals surface area (Å²) in [5.74, 6) is 0. The van der Waals surface area contributed by atoms with Gasteiger partial charge in [-0.2, -0.15) is 5.26 Å². The largest absolute Gasteiger partial charge is 0.397 e. The molecule has 4 nitrogen and oxygen atoms in total. The number of nitrogen functional groups attached to an aromatic ring is 1. The van der Waals surface area contributed by atoms with Gasteiger partial charge in [0, 0.05) is 17.8 Å². The lowest BCUT2D eigenvalue weighted by molar-refractivity contribution is 1.06. The van der Waals surface area contributed by atoms with Crippen LogP contribution in [-0.2, 0) is 0 Å². The molecule has 18 heavy (non-hydrogen) atoms. The highest BCUT2D eigenvalue weighted by Crippen LogP contribution is 2.26. The van der Waals surface area contributed by atoms with Crippen molar-refractivity contribution < 1.29 is 0 Å². The van der Waals surface area contributed by atoms with Crippen LogP contribution in [0.5, 0.6) is 0 Å². The minimum absolute atomic E-state index is 0.588. The zero-order valence-electron chi connectivity index (χ0n) is 9.54. The first-order valence-electron chi connectivity index (χ1n) is 5.52. The van der Waals surface area contributed by atoms with E-state index >= 15 is 0 Å². The number of pyridine rings is 1. The van der Waals surface area contributed by atoms with E-state index in [-0.39, 0.29) is 0 Å². The minimum Gasteiger partial charge on any atom is -0.397 e. The molecule has 4 heteroatoms. The van der Waals surface area contributed by atoms with Crippen LogP contribution in [0.3, 0.4) is 0 Å². The van der Waals surface area contributed by atoms with Gasteiger partial charge in [0.15, 0.2) is 0 Å². The van der Waals surface area contributed by atoms with Gasteiger partial charge in [-0.25, -0.2) is 0 Å². The van der Waals surface area contributed by atoms with Crippen LogP contribution in [0, 0.1) is 11.3 Å². The molecule has 0 aliphatic carbocycles. The van der Waals surface area contributed by atoms with Gasteiger partial charge in [0.05, 0.1) is 16.9 Å². The molecule has 0 spiro atoms. The van der Waals surface area contributed by atoms with Gasteiger partial charge < -0.3 is 10.3 Å². The third-order valence-electron chi connectivity index (χ3n) is 2.90. The third-order valence-corrected chi connectivity index (χ3v) is 2.90. The zero-order valence-corrected chi connectivity index (χ0v) is 9.54. The lowest BCUT2D eigenvalue weighted by Crippen LogP contribution is -1.99. The molecule has 1 aromatic carbocycles. The molecule has 0 radical (unpaired) electrons. The molecule has 0 saturated carbocycles. The van der Waals surface area contributed by atoms with E-state index in [1.807, 2.05) is 41.1 Å². The smallest absolute Gasteiger partial charge is 0.124 e. The van der Waals surface area contributed by atoms with E-state index in [9.17, 15) is 0 Å². The molecule has 0 saturated heterocycles. The van der Waals surface area contributed by atoms with Crippen LogP contribution in [0.4, 0.5) is 5.69 Å². The Morgan fingerprint density at radius 1 is 1.17 bits per heavy atom. The Kier molecular flexibility index (Phi) is 2.24. The maximum atomic E-state index is 9.08. The van der Waals surface area contributed by atoms with E-state index in [0.717, 1.165) is 16.6 Å². The van der Waals surface area contributed by atoms with Crippen molar-refractivity contribution in [1.82, 2.24) is 9.55 Å². The Bertz CT molecular complexity index is 765. The molecule has 0 atom stereocenters. The molecular formula is C14H10N4. The monoisotopic (exact) mass is 234 g/mol. The predicted molar refractivity (Wildman–Crippen MR) is 70.2 cm³/mol. The molecule has 2 N–H and O–H groups in total. The highest BCUT2D eigenvalue weighted by atomic mass is 15.0. The van der Waals surface area contributed by atoms with Gasteiger partial charge in [0.1, 0.15) is 11.8 Å². The predicted octanol–water partition coefficient (Wildman–Crippen LogP) is 2.48. The van der Waals surface area contributed by atoms with Crippen molar-refractivity contribution in [2.45, 2.75) is 0 Å². The number of rotatable bonds is 1. The molecule has 0 aliphatic rings. The number of aromatic nitrogens is 2. The lowest BCUT2D eigenvalue weighted by Gasteiger charge is -2.10. The van der Waals surface area contributed by atoms with Crippen molar-refractivity contribution in [2.24, 2.45) is 0 Å². The highest BCUT2D eigenvalue weighted by molar-refractivity contribution is 5.95. The summed E-state index contributed by atoms with van der Waals surface area (Å²) in [5, 5.41) is 10.0. The van der Waals surface area contributed by atoms with Crippen molar-refractivity contribution in [1.29, 1.82) is 5.26 Å². The molecule has 2 heterocycles. The van der Waals surface area contributed by atoms with Crippen LogP contribution in [0.2, 0.25) is 0 Å². The van der Waals surface area contributed by atoms with E-state index in [1.54, 1.807) is 12.3 Å². The Morgan fingerprint density at radius 2 is 2.06 bits per heavy atom. The topological polar surface area (TPSA) is 67.6 Å². The summed E-state index contributed by atoms with van der Waals surface area (Å²) < 4.78 is 1.84. The van der Waals surface area contributed by atoms with Crippen LogP contribution >= 0.6 is 0 Å². The van der Waals surface area contributed by atoms with Gasteiger partial charge in [0.25, 0.3) is 0 Å². The van der Waals surface area contributed by atoms with E-state index < -0.39 is 0 Å². The maximum absolute atomic E-state index is 9.08. The first kappa shape index (κ1) is 10.4. The van der Waals surface area contributed by atoms with Gasteiger partial charge in [0.2, 0.25) is 0 Å². The first-order chi connectivity index (χ1) is 8.81. The van der Waals surface area contributed by atoms with E-state index in [1.165, 1.54) is 0 Å². The molecule has 0 aliphatic heterocycles. The third kappa shape index (κ3) is 1.42. The summed E-state index contributed by atoms with van der Waals surface area (Å²) in [7, 11) is 0. The molecule has 3 rings (SSSR count). The lowest BCUT2D eigenvalue weighted by atomic mass is 10.1. The summed E-state index contributed by atoms with van der Waals surface area (Å²) >= 11 is 0. The molecule has 2 aromatic heterocycles. The van der Waals surface area contributed by atoms with Crippen molar-refractivity contribution in [3.05, 3.63) is 54.5 Å². The summed E-state index contributed by atoms with van der Waals surface area (Å²) in [6, 6.07) is 13.3. The Labute approximate surface area is 104 Å². The SMILES string of the molecule is N#Cc1cccn1-c1ccc(N)c2ncccc12. The van der Waals surface area contributed by atoms with Gasteiger partial charge >= 0.3 is 0 Å². The Morgan fingerprint density at radius 3 is 2.89 bits per heavy atom. The summed E-state index contributed by atoms with van der Waals surface area (Å²) in [6.45, 7) is 0. The van der Waals surface area contributed by atoms with Gasteiger partial charge in [-0.15, -0.1) is 0 Å². The average Bonchev–Trinajstić information content (AvgIpc) is 2.88. The fraction of sp³-hybridized carbons (Fsp3) is 0. The van der Waals surface area contributed by atoms with E-state index in [0.29, 0.717) is 11.4 Å². The fourth-order valence-electron chi connectivity index (χ4n) is 2.07. The van der Waals surface area contributed by atoms with Gasteiger partial charge in [-0.05, 0) is 36.4 Å². The number of benzene rings is 1. The second-order valence-electron chi connectivity index (χ2n) is 3.95.